The number of anilines is 2. The smallest absolute Gasteiger partial charge is 0.240 e. The number of furan rings is 1. The molecule has 4 atom stereocenters. The lowest BCUT2D eigenvalue weighted by Gasteiger charge is -2.36. The first kappa shape index (κ1) is 19.1. The summed E-state index contributed by atoms with van der Waals surface area (Å²) in [5.41, 5.74) is 2.23. The number of carbonyl (C=O) groups excluding carboxylic acids is 3. The lowest BCUT2D eigenvalue weighted by atomic mass is 9.87. The quantitative estimate of drug-likeness (QED) is 0.447. The first-order valence-electron chi connectivity index (χ1n) is 10.3. The van der Waals surface area contributed by atoms with Crippen LogP contribution in [0.3, 0.4) is 0 Å². The van der Waals surface area contributed by atoms with Gasteiger partial charge in [0, 0.05) is 10.7 Å². The van der Waals surface area contributed by atoms with Crippen LogP contribution >= 0.6 is 11.6 Å². The van der Waals surface area contributed by atoms with E-state index in [1.165, 1.54) is 11.2 Å². The molecule has 6 rings (SSSR count). The lowest BCUT2D eigenvalue weighted by Crippen LogP contribution is -2.48. The number of ketones is 1. The van der Waals surface area contributed by atoms with Crippen molar-refractivity contribution in [1.29, 1.82) is 0 Å². The number of Topliss-reactive ketones (excluding diaryl/α,β-unsaturated/α-hetero) is 1. The topological polar surface area (TPSA) is 70.8 Å². The van der Waals surface area contributed by atoms with Crippen LogP contribution in [0.2, 0.25) is 5.02 Å². The van der Waals surface area contributed by atoms with Crippen LogP contribution in [0.4, 0.5) is 11.4 Å². The number of nitrogens with zero attached hydrogens (tertiary/aromatic N) is 2. The highest BCUT2D eigenvalue weighted by molar-refractivity contribution is 6.31. The molecule has 0 aliphatic carbocycles. The molecule has 0 N–H and O–H groups in total. The summed E-state index contributed by atoms with van der Waals surface area (Å²) in [5, 5.41) is 0.511. The average Bonchev–Trinajstić information content (AvgIpc) is 3.51. The third-order valence-electron chi connectivity index (χ3n) is 6.53. The fourth-order valence-corrected chi connectivity index (χ4v) is 5.35. The van der Waals surface area contributed by atoms with Crippen molar-refractivity contribution in [2.24, 2.45) is 11.8 Å². The van der Waals surface area contributed by atoms with E-state index in [9.17, 15) is 14.4 Å². The molecule has 158 valence electrons. The molecular formula is C25H17ClN2O4. The fraction of sp³-hybridized carbons (Fsp3) is 0.160. The predicted octanol–water partition coefficient (Wildman–Crippen LogP) is 4.21. The maximum Gasteiger partial charge on any atom is 0.240 e. The maximum atomic E-state index is 13.7. The van der Waals surface area contributed by atoms with E-state index in [-0.39, 0.29) is 23.4 Å². The Bertz CT molecular complexity index is 1280. The molecule has 0 saturated carbocycles. The van der Waals surface area contributed by atoms with Crippen molar-refractivity contribution in [3.63, 3.8) is 0 Å². The van der Waals surface area contributed by atoms with Crippen LogP contribution in [-0.4, -0.2) is 29.7 Å². The minimum Gasteiger partial charge on any atom is -0.461 e. The van der Waals surface area contributed by atoms with Crippen molar-refractivity contribution in [2.75, 3.05) is 9.80 Å². The average molecular weight is 445 g/mol. The van der Waals surface area contributed by atoms with Crippen LogP contribution in [0.25, 0.3) is 6.08 Å². The molecule has 1 aromatic heterocycles. The molecule has 2 aromatic carbocycles. The summed E-state index contributed by atoms with van der Waals surface area (Å²) in [5.74, 6) is -2.32. The number of hydrogen-bond donors (Lipinski definition) is 0. The van der Waals surface area contributed by atoms with Gasteiger partial charge in [-0.15, -0.1) is 0 Å². The third-order valence-corrected chi connectivity index (χ3v) is 6.78. The molecule has 0 unspecified atom stereocenters. The Kier molecular flexibility index (Phi) is 4.13. The van der Waals surface area contributed by atoms with Crippen molar-refractivity contribution in [2.45, 2.75) is 12.1 Å². The SMILES string of the molecule is O=C(c1ccco1)[C@@H]1[C@@H]2C(=O)N(c3ccc(Cl)cc3)C(=O)[C@H]2[C@@H]2C=Cc3ccccc3N12. The summed E-state index contributed by atoms with van der Waals surface area (Å²) in [4.78, 5) is 44.0. The number of hydrogen-bond acceptors (Lipinski definition) is 5. The molecule has 4 heterocycles. The van der Waals surface area contributed by atoms with E-state index in [0.29, 0.717) is 10.7 Å². The second kappa shape index (κ2) is 6.93. The fourth-order valence-electron chi connectivity index (χ4n) is 5.22. The molecule has 3 aliphatic rings. The molecule has 3 aliphatic heterocycles. The van der Waals surface area contributed by atoms with Gasteiger partial charge >= 0.3 is 0 Å². The molecule has 2 fully saturated rings. The van der Waals surface area contributed by atoms with Crippen molar-refractivity contribution >= 4 is 46.6 Å². The van der Waals surface area contributed by atoms with E-state index in [0.717, 1.165) is 11.3 Å². The van der Waals surface area contributed by atoms with E-state index in [1.54, 1.807) is 36.4 Å². The Morgan fingerprint density at radius 1 is 0.906 bits per heavy atom. The van der Waals surface area contributed by atoms with Crippen LogP contribution in [-0.2, 0) is 9.59 Å². The zero-order valence-electron chi connectivity index (χ0n) is 16.7. The molecule has 0 bridgehead atoms. The zero-order chi connectivity index (χ0) is 22.0. The summed E-state index contributed by atoms with van der Waals surface area (Å²) in [6, 6.07) is 16.2. The van der Waals surface area contributed by atoms with Gasteiger partial charge in [-0.2, -0.15) is 0 Å². The molecule has 32 heavy (non-hydrogen) atoms. The van der Waals surface area contributed by atoms with Crippen LogP contribution in [0.1, 0.15) is 16.1 Å². The van der Waals surface area contributed by atoms with Crippen LogP contribution in [0.15, 0.2) is 77.4 Å². The van der Waals surface area contributed by atoms with Crippen LogP contribution in [0, 0.1) is 11.8 Å². The number of benzene rings is 2. The van der Waals surface area contributed by atoms with Gasteiger partial charge in [0.05, 0.1) is 29.8 Å². The molecule has 2 amide bonds. The summed E-state index contributed by atoms with van der Waals surface area (Å²) < 4.78 is 5.39. The summed E-state index contributed by atoms with van der Waals surface area (Å²) in [6.45, 7) is 0. The number of fused-ring (bicyclic) bond motifs is 5. The van der Waals surface area contributed by atoms with Gasteiger partial charge in [0.2, 0.25) is 17.6 Å². The maximum absolute atomic E-state index is 13.7. The zero-order valence-corrected chi connectivity index (χ0v) is 17.5. The van der Waals surface area contributed by atoms with Crippen molar-refractivity contribution in [3.05, 3.63) is 89.3 Å². The van der Waals surface area contributed by atoms with Crippen LogP contribution in [0.5, 0.6) is 0 Å². The van der Waals surface area contributed by atoms with Gasteiger partial charge in [0.15, 0.2) is 5.76 Å². The van der Waals surface area contributed by atoms with Gasteiger partial charge in [0.1, 0.15) is 6.04 Å². The standard InChI is InChI=1S/C25H17ClN2O4/c26-15-8-10-16(11-9-15)27-24(30)20-18-12-7-14-4-1-2-5-17(14)28(18)22(21(20)25(27)31)23(29)19-6-3-13-32-19/h1-13,18,20-22H/t18-,20-,21+,22-/m0/s1. The van der Waals surface area contributed by atoms with Gasteiger partial charge in [0.25, 0.3) is 0 Å². The first-order valence-corrected chi connectivity index (χ1v) is 10.7. The molecule has 0 radical (unpaired) electrons. The minimum absolute atomic E-state index is 0.173. The van der Waals surface area contributed by atoms with E-state index >= 15 is 0 Å². The molecule has 6 nitrogen and oxygen atoms in total. The molecule has 7 heteroatoms. The lowest BCUT2D eigenvalue weighted by molar-refractivity contribution is -0.122. The number of halogens is 1. The van der Waals surface area contributed by atoms with E-state index < -0.39 is 23.9 Å². The number of rotatable bonds is 3. The normalized spacial score (nSPS) is 25.7. The Balaban J connectivity index is 1.50. The summed E-state index contributed by atoms with van der Waals surface area (Å²) in [6.07, 6.45) is 5.31. The van der Waals surface area contributed by atoms with Gasteiger partial charge < -0.3 is 9.32 Å². The Hall–Kier alpha value is -3.64. The largest absolute Gasteiger partial charge is 0.461 e. The van der Waals surface area contributed by atoms with Gasteiger partial charge in [-0.25, -0.2) is 4.90 Å². The van der Waals surface area contributed by atoms with Crippen molar-refractivity contribution in [3.8, 4) is 0 Å². The number of carbonyl (C=O) groups is 3. The van der Waals surface area contributed by atoms with Gasteiger partial charge in [-0.3, -0.25) is 14.4 Å². The van der Waals surface area contributed by atoms with Gasteiger partial charge in [-0.1, -0.05) is 42.0 Å². The third kappa shape index (κ3) is 2.56. The summed E-state index contributed by atoms with van der Waals surface area (Å²) in [7, 11) is 0. The minimum atomic E-state index is -0.851. The molecular weight excluding hydrogens is 428 g/mol. The van der Waals surface area contributed by atoms with Crippen molar-refractivity contribution in [1.82, 2.24) is 0 Å². The van der Waals surface area contributed by atoms with Crippen molar-refractivity contribution < 1.29 is 18.8 Å². The number of imide groups is 1. The first-order chi connectivity index (χ1) is 15.6. The number of para-hydroxylation sites is 1. The highest BCUT2D eigenvalue weighted by Gasteiger charge is 2.64. The molecule has 0 spiro atoms. The van der Waals surface area contributed by atoms with Gasteiger partial charge in [-0.05, 0) is 48.0 Å². The predicted molar refractivity (Wildman–Crippen MR) is 119 cm³/mol. The number of amides is 2. The summed E-state index contributed by atoms with van der Waals surface area (Å²) >= 11 is 5.99. The second-order valence-corrected chi connectivity index (χ2v) is 8.58. The van der Waals surface area contributed by atoms with E-state index in [1.807, 2.05) is 41.3 Å². The molecule has 3 aromatic rings. The Labute approximate surface area is 188 Å². The molecule has 2 saturated heterocycles. The highest BCUT2D eigenvalue weighted by Crippen LogP contribution is 2.49. The highest BCUT2D eigenvalue weighted by atomic mass is 35.5. The second-order valence-electron chi connectivity index (χ2n) is 8.14. The van der Waals surface area contributed by atoms with Crippen LogP contribution < -0.4 is 9.80 Å². The monoisotopic (exact) mass is 444 g/mol. The van der Waals surface area contributed by atoms with E-state index in [4.69, 9.17) is 16.0 Å². The Morgan fingerprint density at radius 3 is 2.41 bits per heavy atom. The Morgan fingerprint density at radius 2 is 1.66 bits per heavy atom. The van der Waals surface area contributed by atoms with E-state index in [2.05, 4.69) is 0 Å².